The first-order valence-corrected chi connectivity index (χ1v) is 7.91. The van der Waals surface area contributed by atoms with Gasteiger partial charge in [-0.25, -0.2) is 0 Å². The summed E-state index contributed by atoms with van der Waals surface area (Å²) < 4.78 is 0. The van der Waals surface area contributed by atoms with Crippen molar-refractivity contribution < 1.29 is 4.79 Å². The summed E-state index contributed by atoms with van der Waals surface area (Å²) in [4.78, 5) is 13.6. The number of unbranched alkanes of at least 4 members (excludes halogenated alkanes) is 1. The number of carbonyl (C=O) groups excluding carboxylic acids is 1. The summed E-state index contributed by atoms with van der Waals surface area (Å²) in [7, 11) is 0. The van der Waals surface area contributed by atoms with Gasteiger partial charge in [0.05, 0.1) is 0 Å². The van der Waals surface area contributed by atoms with E-state index >= 15 is 0 Å². The van der Waals surface area contributed by atoms with Gasteiger partial charge in [0.25, 0.3) is 0 Å². The molecule has 1 saturated heterocycles. The van der Waals surface area contributed by atoms with Gasteiger partial charge in [0, 0.05) is 30.4 Å². The Morgan fingerprint density at radius 1 is 1.25 bits per heavy atom. The van der Waals surface area contributed by atoms with Crippen molar-refractivity contribution in [2.45, 2.75) is 58.4 Å². The Morgan fingerprint density at radius 2 is 2.00 bits per heavy atom. The zero-order valence-electron chi connectivity index (χ0n) is 12.7. The molecule has 3 heteroatoms. The van der Waals surface area contributed by atoms with E-state index in [0.717, 1.165) is 30.8 Å². The molecule has 1 unspecified atom stereocenters. The van der Waals surface area contributed by atoms with E-state index in [-0.39, 0.29) is 5.91 Å². The van der Waals surface area contributed by atoms with Crippen molar-refractivity contribution >= 4 is 17.3 Å². The van der Waals surface area contributed by atoms with Crippen LogP contribution >= 0.6 is 0 Å². The SMILES string of the molecule is CCCCC(CC)Nc1ccc(N2CCCC2=O)cc1. The largest absolute Gasteiger partial charge is 0.382 e. The van der Waals surface area contributed by atoms with Gasteiger partial charge in [0.1, 0.15) is 0 Å². The number of anilines is 2. The Kier molecular flexibility index (Phi) is 5.45. The van der Waals surface area contributed by atoms with Crippen molar-refractivity contribution in [1.29, 1.82) is 0 Å². The lowest BCUT2D eigenvalue weighted by Crippen LogP contribution is -2.23. The first kappa shape index (κ1) is 14.9. The summed E-state index contributed by atoms with van der Waals surface area (Å²) >= 11 is 0. The zero-order valence-corrected chi connectivity index (χ0v) is 12.7. The Hall–Kier alpha value is -1.51. The molecule has 20 heavy (non-hydrogen) atoms. The van der Waals surface area contributed by atoms with Crippen LogP contribution in [0, 0.1) is 0 Å². The van der Waals surface area contributed by atoms with Gasteiger partial charge in [-0.2, -0.15) is 0 Å². The van der Waals surface area contributed by atoms with Crippen LogP contribution in [0.4, 0.5) is 11.4 Å². The summed E-state index contributed by atoms with van der Waals surface area (Å²) in [6, 6.07) is 8.84. The average molecular weight is 274 g/mol. The van der Waals surface area contributed by atoms with Crippen LogP contribution in [0.3, 0.4) is 0 Å². The summed E-state index contributed by atoms with van der Waals surface area (Å²) in [5, 5.41) is 3.59. The zero-order chi connectivity index (χ0) is 14.4. The van der Waals surface area contributed by atoms with E-state index in [1.54, 1.807) is 0 Å². The Bertz CT molecular complexity index is 427. The quantitative estimate of drug-likeness (QED) is 0.808. The molecule has 1 aliphatic heterocycles. The highest BCUT2D eigenvalue weighted by molar-refractivity contribution is 5.95. The molecule has 1 amide bonds. The second kappa shape index (κ2) is 7.32. The molecule has 0 aliphatic carbocycles. The van der Waals surface area contributed by atoms with Gasteiger partial charge >= 0.3 is 0 Å². The lowest BCUT2D eigenvalue weighted by molar-refractivity contribution is -0.117. The van der Waals surface area contributed by atoms with Crippen LogP contribution in [0.1, 0.15) is 52.4 Å². The van der Waals surface area contributed by atoms with E-state index < -0.39 is 0 Å². The molecule has 0 radical (unpaired) electrons. The Labute approximate surface area is 122 Å². The first-order chi connectivity index (χ1) is 9.74. The predicted octanol–water partition coefficient (Wildman–Crippen LogP) is 4.19. The number of carbonyl (C=O) groups is 1. The average Bonchev–Trinajstić information content (AvgIpc) is 2.90. The summed E-state index contributed by atoms with van der Waals surface area (Å²) in [5.74, 6) is 0.250. The van der Waals surface area contributed by atoms with E-state index in [1.165, 1.54) is 19.3 Å². The van der Waals surface area contributed by atoms with Crippen molar-refractivity contribution in [2.24, 2.45) is 0 Å². The fourth-order valence-electron chi connectivity index (χ4n) is 2.72. The van der Waals surface area contributed by atoms with Gasteiger partial charge in [-0.15, -0.1) is 0 Å². The van der Waals surface area contributed by atoms with Gasteiger partial charge in [-0.05, 0) is 43.5 Å². The minimum Gasteiger partial charge on any atom is -0.382 e. The molecule has 2 rings (SSSR count). The molecule has 0 spiro atoms. The minimum atomic E-state index is 0.250. The molecule has 1 aromatic carbocycles. The second-order valence-electron chi connectivity index (χ2n) is 5.59. The van der Waals surface area contributed by atoms with Crippen LogP contribution < -0.4 is 10.2 Å². The molecule has 1 fully saturated rings. The maximum absolute atomic E-state index is 11.7. The Balaban J connectivity index is 1.95. The third-order valence-corrected chi connectivity index (χ3v) is 4.02. The molecule has 110 valence electrons. The fourth-order valence-corrected chi connectivity index (χ4v) is 2.72. The molecule has 0 saturated carbocycles. The van der Waals surface area contributed by atoms with Crippen LogP contribution in [-0.4, -0.2) is 18.5 Å². The third-order valence-electron chi connectivity index (χ3n) is 4.02. The standard InChI is InChI=1S/C17H26N2O/c1-3-5-7-14(4-2)18-15-9-11-16(12-10-15)19-13-6-8-17(19)20/h9-12,14,18H,3-8,13H2,1-2H3. The molecule has 1 atom stereocenters. The van der Waals surface area contributed by atoms with E-state index in [1.807, 2.05) is 4.90 Å². The molecule has 1 aromatic rings. The first-order valence-electron chi connectivity index (χ1n) is 7.91. The molecular weight excluding hydrogens is 248 g/mol. The number of nitrogens with one attached hydrogen (secondary N) is 1. The number of nitrogens with zero attached hydrogens (tertiary/aromatic N) is 1. The third kappa shape index (κ3) is 3.75. The van der Waals surface area contributed by atoms with Gasteiger partial charge < -0.3 is 10.2 Å². The van der Waals surface area contributed by atoms with Crippen molar-refractivity contribution in [2.75, 3.05) is 16.8 Å². The number of amides is 1. The predicted molar refractivity (Wildman–Crippen MR) is 85.3 cm³/mol. The van der Waals surface area contributed by atoms with Gasteiger partial charge in [0.15, 0.2) is 0 Å². The lowest BCUT2D eigenvalue weighted by atomic mass is 10.1. The highest BCUT2D eigenvalue weighted by Crippen LogP contribution is 2.23. The van der Waals surface area contributed by atoms with Gasteiger partial charge in [-0.3, -0.25) is 4.79 Å². The van der Waals surface area contributed by atoms with E-state index in [4.69, 9.17) is 0 Å². The molecule has 0 bridgehead atoms. The lowest BCUT2D eigenvalue weighted by Gasteiger charge is -2.20. The van der Waals surface area contributed by atoms with Crippen LogP contribution in [0.25, 0.3) is 0 Å². The number of rotatable bonds is 7. The normalized spacial score (nSPS) is 16.5. The fraction of sp³-hybridized carbons (Fsp3) is 0.588. The Morgan fingerprint density at radius 3 is 2.55 bits per heavy atom. The van der Waals surface area contributed by atoms with Crippen molar-refractivity contribution in [3.05, 3.63) is 24.3 Å². The summed E-state index contributed by atoms with van der Waals surface area (Å²) in [6.07, 6.45) is 6.55. The number of hydrogen-bond acceptors (Lipinski definition) is 2. The topological polar surface area (TPSA) is 32.3 Å². The van der Waals surface area contributed by atoms with Crippen molar-refractivity contribution in [3.8, 4) is 0 Å². The highest BCUT2D eigenvalue weighted by Gasteiger charge is 2.21. The van der Waals surface area contributed by atoms with Crippen molar-refractivity contribution in [1.82, 2.24) is 0 Å². The van der Waals surface area contributed by atoms with Crippen molar-refractivity contribution in [3.63, 3.8) is 0 Å². The highest BCUT2D eigenvalue weighted by atomic mass is 16.2. The van der Waals surface area contributed by atoms with E-state index in [2.05, 4.69) is 43.4 Å². The summed E-state index contributed by atoms with van der Waals surface area (Å²) in [5.41, 5.74) is 2.18. The molecule has 1 aliphatic rings. The monoisotopic (exact) mass is 274 g/mol. The van der Waals surface area contributed by atoms with Crippen LogP contribution in [0.2, 0.25) is 0 Å². The van der Waals surface area contributed by atoms with Crippen LogP contribution in [-0.2, 0) is 4.79 Å². The molecule has 1 N–H and O–H groups in total. The molecule has 3 nitrogen and oxygen atoms in total. The van der Waals surface area contributed by atoms with Gasteiger partial charge in [0.2, 0.25) is 5.91 Å². The molecule has 1 heterocycles. The number of benzene rings is 1. The number of hydrogen-bond donors (Lipinski definition) is 1. The van der Waals surface area contributed by atoms with E-state index in [9.17, 15) is 4.79 Å². The second-order valence-corrected chi connectivity index (χ2v) is 5.59. The maximum atomic E-state index is 11.7. The minimum absolute atomic E-state index is 0.250. The van der Waals surface area contributed by atoms with Crippen LogP contribution in [0.5, 0.6) is 0 Å². The molecule has 0 aromatic heterocycles. The van der Waals surface area contributed by atoms with Gasteiger partial charge in [-0.1, -0.05) is 26.7 Å². The summed E-state index contributed by atoms with van der Waals surface area (Å²) in [6.45, 7) is 5.32. The van der Waals surface area contributed by atoms with Crippen LogP contribution in [0.15, 0.2) is 24.3 Å². The maximum Gasteiger partial charge on any atom is 0.227 e. The molecular formula is C17H26N2O. The smallest absolute Gasteiger partial charge is 0.227 e. The van der Waals surface area contributed by atoms with E-state index in [0.29, 0.717) is 12.5 Å².